The molecule has 0 aliphatic heterocycles. The van der Waals surface area contributed by atoms with Gasteiger partial charge >= 0.3 is 0 Å². The lowest BCUT2D eigenvalue weighted by Gasteiger charge is -2.21. The van der Waals surface area contributed by atoms with Gasteiger partial charge in [-0.1, -0.05) is 6.07 Å². The van der Waals surface area contributed by atoms with E-state index in [4.69, 9.17) is 5.73 Å². The lowest BCUT2D eigenvalue weighted by Crippen LogP contribution is -2.50. The van der Waals surface area contributed by atoms with Gasteiger partial charge in [-0.05, 0) is 25.8 Å². The van der Waals surface area contributed by atoms with Crippen LogP contribution in [0.25, 0.3) is 11.1 Å². The number of carbonyl (C=O) groups is 1. The molecule has 2 atom stereocenters. The highest BCUT2D eigenvalue weighted by atomic mass is 16.3. The second kappa shape index (κ2) is 5.75. The molecule has 3 rings (SSSR count). The molecule has 7 heteroatoms. The first-order valence-corrected chi connectivity index (χ1v) is 7.62. The molecule has 0 bridgehead atoms. The average molecular weight is 315 g/mol. The Balaban J connectivity index is 1.75. The summed E-state index contributed by atoms with van der Waals surface area (Å²) < 4.78 is 1.74. The fourth-order valence-electron chi connectivity index (χ4n) is 2.53. The molecule has 0 spiro atoms. The Bertz CT molecular complexity index is 704. The van der Waals surface area contributed by atoms with E-state index in [9.17, 15) is 9.90 Å². The maximum Gasteiger partial charge on any atom is 0.240 e. The maximum absolute atomic E-state index is 12.1. The van der Waals surface area contributed by atoms with E-state index >= 15 is 0 Å². The third kappa shape index (κ3) is 3.11. The predicted molar refractivity (Wildman–Crippen MR) is 85.1 cm³/mol. The molecule has 0 radical (unpaired) electrons. The van der Waals surface area contributed by atoms with Crippen molar-refractivity contribution < 1.29 is 9.90 Å². The number of aliphatic hydroxyl groups is 1. The Morgan fingerprint density at radius 2 is 2.13 bits per heavy atom. The Morgan fingerprint density at radius 1 is 1.39 bits per heavy atom. The highest BCUT2D eigenvalue weighted by Gasteiger charge is 2.47. The quantitative estimate of drug-likeness (QED) is 0.735. The van der Waals surface area contributed by atoms with E-state index in [1.54, 1.807) is 17.1 Å². The summed E-state index contributed by atoms with van der Waals surface area (Å²) in [6, 6.07) is 2.96. The van der Waals surface area contributed by atoms with Crippen molar-refractivity contribution in [3.05, 3.63) is 36.4 Å². The highest BCUT2D eigenvalue weighted by molar-refractivity contribution is 5.83. The van der Waals surface area contributed by atoms with Gasteiger partial charge in [0.15, 0.2) is 0 Å². The van der Waals surface area contributed by atoms with Crippen molar-refractivity contribution in [3.8, 4) is 11.1 Å². The molecule has 1 aliphatic carbocycles. The number of rotatable bonds is 5. The zero-order valence-corrected chi connectivity index (χ0v) is 13.2. The summed E-state index contributed by atoms with van der Waals surface area (Å²) in [7, 11) is 1.87. The van der Waals surface area contributed by atoms with Gasteiger partial charge in [-0.15, -0.1) is 0 Å². The molecule has 4 N–H and O–H groups in total. The number of aliphatic hydroxyl groups excluding tert-OH is 1. The van der Waals surface area contributed by atoms with E-state index in [-0.39, 0.29) is 5.91 Å². The van der Waals surface area contributed by atoms with E-state index in [1.165, 1.54) is 6.92 Å². The summed E-state index contributed by atoms with van der Waals surface area (Å²) in [5.74, 6) is -0.351. The second-order valence-corrected chi connectivity index (χ2v) is 6.17. The lowest BCUT2D eigenvalue weighted by molar-refractivity contribution is -0.125. The van der Waals surface area contributed by atoms with Gasteiger partial charge in [-0.2, -0.15) is 5.10 Å². The second-order valence-electron chi connectivity index (χ2n) is 6.17. The van der Waals surface area contributed by atoms with E-state index in [0.717, 1.165) is 29.7 Å². The number of nitrogens with zero attached hydrogens (tertiary/aromatic N) is 3. The average Bonchev–Trinajstić information content (AvgIpc) is 3.18. The normalized spacial score (nSPS) is 18.3. The molecule has 23 heavy (non-hydrogen) atoms. The Morgan fingerprint density at radius 3 is 2.61 bits per heavy atom. The van der Waals surface area contributed by atoms with Crippen LogP contribution in [-0.2, 0) is 17.4 Å². The van der Waals surface area contributed by atoms with Gasteiger partial charge in [-0.3, -0.25) is 14.5 Å². The monoisotopic (exact) mass is 315 g/mol. The first-order chi connectivity index (χ1) is 10.9. The number of nitrogens with one attached hydrogen (secondary N) is 1. The molecule has 2 aromatic rings. The van der Waals surface area contributed by atoms with Crippen molar-refractivity contribution in [1.29, 1.82) is 0 Å². The van der Waals surface area contributed by atoms with Crippen molar-refractivity contribution >= 4 is 5.91 Å². The fourth-order valence-corrected chi connectivity index (χ4v) is 2.53. The minimum Gasteiger partial charge on any atom is -0.391 e. The van der Waals surface area contributed by atoms with Crippen molar-refractivity contribution in [2.45, 2.75) is 37.5 Å². The summed E-state index contributed by atoms with van der Waals surface area (Å²) in [6.07, 6.45) is 6.26. The van der Waals surface area contributed by atoms with Gasteiger partial charge in [0, 0.05) is 30.6 Å². The van der Waals surface area contributed by atoms with Crippen LogP contribution in [0.15, 0.2) is 30.7 Å². The van der Waals surface area contributed by atoms with Crippen LogP contribution in [0, 0.1) is 0 Å². The lowest BCUT2D eigenvalue weighted by atomic mass is 10.1. The number of nitrogens with two attached hydrogens (primary N) is 1. The maximum atomic E-state index is 12.1. The standard InChI is InChI=1S/C16H21N5O2/c1-10(22)14(17)15(23)20-16(5-6-16)13-4-3-11(7-18-13)12-8-19-21(2)9-12/h3-4,7-10,14,22H,5-6,17H2,1-2H3,(H,20,23)/t10-,14+/m1/s1. The summed E-state index contributed by atoms with van der Waals surface area (Å²) in [6.45, 7) is 1.50. The van der Waals surface area contributed by atoms with Crippen molar-refractivity contribution in [2.24, 2.45) is 12.8 Å². The van der Waals surface area contributed by atoms with Gasteiger partial charge < -0.3 is 16.2 Å². The minimum absolute atomic E-state index is 0.351. The summed E-state index contributed by atoms with van der Waals surface area (Å²) in [4.78, 5) is 16.6. The van der Waals surface area contributed by atoms with Crippen LogP contribution in [0.5, 0.6) is 0 Å². The molecular formula is C16H21N5O2. The van der Waals surface area contributed by atoms with E-state index < -0.39 is 17.7 Å². The summed E-state index contributed by atoms with van der Waals surface area (Å²) in [5, 5.41) is 16.5. The van der Waals surface area contributed by atoms with Crippen LogP contribution < -0.4 is 11.1 Å². The molecule has 1 fully saturated rings. The molecule has 2 aromatic heterocycles. The minimum atomic E-state index is -0.929. The highest BCUT2D eigenvalue weighted by Crippen LogP contribution is 2.44. The molecule has 0 aromatic carbocycles. The van der Waals surface area contributed by atoms with Gasteiger partial charge in [0.1, 0.15) is 6.04 Å². The molecule has 122 valence electrons. The zero-order chi connectivity index (χ0) is 16.6. The van der Waals surface area contributed by atoms with Crippen LogP contribution in [0.1, 0.15) is 25.5 Å². The first-order valence-electron chi connectivity index (χ1n) is 7.62. The Hall–Kier alpha value is -2.25. The van der Waals surface area contributed by atoms with Crippen LogP contribution in [-0.4, -0.2) is 37.9 Å². The third-order valence-corrected chi connectivity index (χ3v) is 4.23. The van der Waals surface area contributed by atoms with Gasteiger partial charge in [0.2, 0.25) is 5.91 Å². The number of carbonyl (C=O) groups excluding carboxylic acids is 1. The van der Waals surface area contributed by atoms with E-state index in [0.29, 0.717) is 0 Å². The number of amides is 1. The number of hydrogen-bond acceptors (Lipinski definition) is 5. The number of pyridine rings is 1. The molecule has 2 heterocycles. The van der Waals surface area contributed by atoms with Crippen molar-refractivity contribution in [1.82, 2.24) is 20.1 Å². The van der Waals surface area contributed by atoms with Crippen LogP contribution in [0.3, 0.4) is 0 Å². The summed E-state index contributed by atoms with van der Waals surface area (Å²) >= 11 is 0. The number of aryl methyl sites for hydroxylation is 1. The van der Waals surface area contributed by atoms with E-state index in [2.05, 4.69) is 15.4 Å². The van der Waals surface area contributed by atoms with Crippen molar-refractivity contribution in [2.75, 3.05) is 0 Å². The van der Waals surface area contributed by atoms with Gasteiger partial charge in [0.25, 0.3) is 0 Å². The van der Waals surface area contributed by atoms with Crippen molar-refractivity contribution in [3.63, 3.8) is 0 Å². The van der Waals surface area contributed by atoms with Gasteiger partial charge in [0.05, 0.1) is 23.5 Å². The first kappa shape index (κ1) is 15.6. The predicted octanol–water partition coefficient (Wildman–Crippen LogP) is 0.296. The molecule has 7 nitrogen and oxygen atoms in total. The van der Waals surface area contributed by atoms with Gasteiger partial charge in [-0.25, -0.2) is 0 Å². The number of aromatic nitrogens is 3. The largest absolute Gasteiger partial charge is 0.391 e. The zero-order valence-electron chi connectivity index (χ0n) is 13.2. The summed E-state index contributed by atoms with van der Waals surface area (Å²) in [5.41, 5.74) is 8.03. The smallest absolute Gasteiger partial charge is 0.240 e. The fraction of sp³-hybridized carbons (Fsp3) is 0.438. The molecule has 0 saturated heterocycles. The molecular weight excluding hydrogens is 294 g/mol. The third-order valence-electron chi connectivity index (χ3n) is 4.23. The Labute approximate surface area is 134 Å². The topological polar surface area (TPSA) is 106 Å². The molecule has 1 amide bonds. The van der Waals surface area contributed by atoms with Crippen LogP contribution in [0.4, 0.5) is 0 Å². The molecule has 1 saturated carbocycles. The van der Waals surface area contributed by atoms with Crippen LogP contribution >= 0.6 is 0 Å². The molecule has 0 unspecified atom stereocenters. The van der Waals surface area contributed by atoms with E-state index in [1.807, 2.05) is 25.4 Å². The molecule has 1 aliphatic rings. The Kier molecular flexibility index (Phi) is 3.91. The van der Waals surface area contributed by atoms with Crippen LogP contribution in [0.2, 0.25) is 0 Å². The number of hydrogen-bond donors (Lipinski definition) is 3. The SMILES string of the molecule is C[C@@H](O)[C@H](N)C(=O)NC1(c2ccc(-c3cnn(C)c3)cn2)CC1.